The molecule has 3 fully saturated rings. The molecule has 4 N–H and O–H groups in total. The minimum Gasteiger partial charge on any atom is -0.366 e. The molecule has 1 amide bonds. The first-order valence-electron chi connectivity index (χ1n) is 14.1. The van der Waals surface area contributed by atoms with Crippen molar-refractivity contribution in [1.29, 1.82) is 10.7 Å². The van der Waals surface area contributed by atoms with Crippen molar-refractivity contribution in [3.05, 3.63) is 24.3 Å². The lowest BCUT2D eigenvalue weighted by Gasteiger charge is -2.40. The number of amides is 1. The molecule has 11 nitrogen and oxygen atoms in total. The zero-order valence-corrected chi connectivity index (χ0v) is 24.8. The number of fused-ring (bicyclic) bond motifs is 1. The van der Waals surface area contributed by atoms with Crippen LogP contribution in [0.5, 0.6) is 0 Å². The van der Waals surface area contributed by atoms with Gasteiger partial charge in [0.15, 0.2) is 5.82 Å². The molecule has 2 aromatic rings. The highest BCUT2D eigenvalue weighted by atomic mass is 32.2. The van der Waals surface area contributed by atoms with Gasteiger partial charge in [-0.2, -0.15) is 5.26 Å². The van der Waals surface area contributed by atoms with Crippen molar-refractivity contribution < 1.29 is 27.4 Å². The van der Waals surface area contributed by atoms with Gasteiger partial charge in [0.25, 0.3) is 0 Å². The lowest BCUT2D eigenvalue weighted by atomic mass is 9.82. The summed E-state index contributed by atoms with van der Waals surface area (Å²) in [6.45, 7) is 0.858. The number of nitriles is 1. The molecule has 5 rings (SSSR count). The van der Waals surface area contributed by atoms with Gasteiger partial charge in [0.1, 0.15) is 22.8 Å². The molecule has 3 aliphatic rings. The Morgan fingerprint density at radius 1 is 1.26 bits per heavy atom. The number of nitrogens with one attached hydrogen (secondary N) is 2. The van der Waals surface area contributed by atoms with E-state index in [0.29, 0.717) is 81.0 Å². The maximum Gasteiger partial charge on any atom is 0.242 e. The van der Waals surface area contributed by atoms with Gasteiger partial charge >= 0.3 is 0 Å². The first-order valence-corrected chi connectivity index (χ1v) is 16.4. The number of thioether (sulfide) groups is 1. The van der Waals surface area contributed by atoms with Crippen LogP contribution in [0.3, 0.4) is 0 Å². The number of nitrogens with zero attached hydrogens (tertiary/aromatic N) is 5. The summed E-state index contributed by atoms with van der Waals surface area (Å²) in [6.07, 6.45) is 5.76. The molecule has 0 atom stereocenters. The van der Waals surface area contributed by atoms with Gasteiger partial charge in [0, 0.05) is 51.1 Å². The van der Waals surface area contributed by atoms with Crippen LogP contribution in [0.2, 0.25) is 0 Å². The average Bonchev–Trinajstić information content (AvgIpc) is 3.58. The second-order valence-corrected chi connectivity index (χ2v) is 14.1. The molecule has 0 bridgehead atoms. The van der Waals surface area contributed by atoms with E-state index >= 15 is 0 Å². The Kier molecular flexibility index (Phi) is 8.86. The van der Waals surface area contributed by atoms with Crippen LogP contribution in [-0.4, -0.2) is 83.3 Å². The monoisotopic (exact) mass is 621 g/mol. The Morgan fingerprint density at radius 2 is 1.98 bits per heavy atom. The second-order valence-electron chi connectivity index (χ2n) is 11.3. The summed E-state index contributed by atoms with van der Waals surface area (Å²) in [7, 11) is -4.12. The minimum atomic E-state index is -4.12. The van der Waals surface area contributed by atoms with Crippen molar-refractivity contribution in [2.24, 2.45) is 5.92 Å². The fourth-order valence-electron chi connectivity index (χ4n) is 5.29. The molecular formula is C27H35F2N8O3S2+. The summed E-state index contributed by atoms with van der Waals surface area (Å²) < 4.78 is 57.9. The molecule has 2 aromatic heterocycles. The zero-order chi connectivity index (χ0) is 30.1. The average molecular weight is 622 g/mol. The number of rotatable bonds is 11. The van der Waals surface area contributed by atoms with Crippen molar-refractivity contribution in [3.63, 3.8) is 0 Å². The van der Waals surface area contributed by atoms with Crippen molar-refractivity contribution >= 4 is 49.0 Å². The van der Waals surface area contributed by atoms with Gasteiger partial charge < -0.3 is 9.80 Å². The van der Waals surface area contributed by atoms with Crippen LogP contribution in [-0.2, 0) is 14.8 Å². The van der Waals surface area contributed by atoms with Crippen molar-refractivity contribution in [3.8, 4) is 6.07 Å². The summed E-state index contributed by atoms with van der Waals surface area (Å²) in [5.74, 6) is -0.118. The van der Waals surface area contributed by atoms with E-state index in [9.17, 15) is 22.0 Å². The van der Waals surface area contributed by atoms with E-state index in [2.05, 4.69) is 15.8 Å². The third-order valence-electron chi connectivity index (χ3n) is 8.12. The largest absolute Gasteiger partial charge is 0.366 e. The molecular weight excluding hydrogens is 586 g/mol. The van der Waals surface area contributed by atoms with Crippen molar-refractivity contribution in [2.75, 3.05) is 37.8 Å². The lowest BCUT2D eigenvalue weighted by Crippen LogP contribution is -2.52. The maximum atomic E-state index is 13.6. The van der Waals surface area contributed by atoms with Crippen LogP contribution < -0.4 is 15.0 Å². The second kappa shape index (κ2) is 12.3. The SMILES string of the molecule is N#CCCCCC(=[NH2+])SC(=N)c1ncc2c(N3CCN(C(=O)C4CC(F)C4)CC3)cc(S(=O)(=O)NC3(CF)CC3)cn12. The first kappa shape index (κ1) is 30.4. The lowest BCUT2D eigenvalue weighted by molar-refractivity contribution is -0.140. The summed E-state index contributed by atoms with van der Waals surface area (Å²) >= 11 is 1.03. The number of pyridine rings is 1. The summed E-state index contributed by atoms with van der Waals surface area (Å²) in [5.41, 5.74) is 0.0511. The fraction of sp³-hybridized carbons (Fsp3) is 0.593. The molecule has 0 spiro atoms. The minimum absolute atomic E-state index is 0.0331. The molecule has 0 unspecified atom stereocenters. The molecule has 2 saturated carbocycles. The zero-order valence-electron chi connectivity index (χ0n) is 23.2. The number of halogens is 2. The van der Waals surface area contributed by atoms with Gasteiger partial charge in [-0.3, -0.25) is 20.0 Å². The molecule has 15 heteroatoms. The van der Waals surface area contributed by atoms with Crippen LogP contribution in [0.4, 0.5) is 14.5 Å². The van der Waals surface area contributed by atoms with Crippen molar-refractivity contribution in [2.45, 2.75) is 68.0 Å². The Balaban J connectivity index is 1.41. The van der Waals surface area contributed by atoms with Crippen molar-refractivity contribution in [1.82, 2.24) is 19.0 Å². The van der Waals surface area contributed by atoms with E-state index in [-0.39, 0.29) is 40.4 Å². The number of carbonyl (C=O) groups excluding carboxylic acids is 1. The molecule has 2 aliphatic carbocycles. The smallest absolute Gasteiger partial charge is 0.242 e. The van der Waals surface area contributed by atoms with E-state index in [4.69, 9.17) is 16.1 Å². The number of hydrogen-bond donors (Lipinski definition) is 3. The summed E-state index contributed by atoms with van der Waals surface area (Å²) in [4.78, 5) is 20.8. The fourth-order valence-corrected chi connectivity index (χ4v) is 7.50. The van der Waals surface area contributed by atoms with Crippen LogP contribution >= 0.6 is 11.8 Å². The standard InChI is InChI=1S/C27H34F2N8O3S2/c28-17-27(5-6-27)34-42(39,40)20-14-21(35-8-10-36(11-9-35)26(38)18-12-19(29)13-18)22-15-33-25(37(22)16-20)24(32)41-23(31)4-2-1-3-7-30/h14-16,18-19,31-32,34H,1-6,8-13,17H2/p+1. The van der Waals surface area contributed by atoms with E-state index in [1.807, 2.05) is 4.90 Å². The maximum absolute atomic E-state index is 13.6. The van der Waals surface area contributed by atoms with E-state index in [1.54, 1.807) is 15.5 Å². The number of nitrogens with two attached hydrogens (primary N) is 1. The molecule has 42 heavy (non-hydrogen) atoms. The van der Waals surface area contributed by atoms with Gasteiger partial charge in [-0.1, -0.05) is 0 Å². The van der Waals surface area contributed by atoms with Crippen LogP contribution in [0.1, 0.15) is 57.2 Å². The number of alkyl halides is 2. The van der Waals surface area contributed by atoms with Gasteiger partial charge in [0.05, 0.1) is 29.0 Å². The highest BCUT2D eigenvalue weighted by Crippen LogP contribution is 2.38. The normalized spacial score (nSPS) is 21.5. The highest BCUT2D eigenvalue weighted by Gasteiger charge is 2.46. The molecule has 0 radical (unpaired) electrons. The quantitative estimate of drug-likeness (QED) is 0.196. The Bertz CT molecular complexity index is 1520. The Labute approximate surface area is 247 Å². The molecule has 3 heterocycles. The van der Waals surface area contributed by atoms with E-state index in [0.717, 1.165) is 11.8 Å². The van der Waals surface area contributed by atoms with Crippen LogP contribution in [0, 0.1) is 22.7 Å². The molecule has 226 valence electrons. The number of anilines is 1. The predicted octanol–water partition coefficient (Wildman–Crippen LogP) is 1.81. The Morgan fingerprint density at radius 3 is 2.60 bits per heavy atom. The number of imidazole rings is 1. The molecule has 0 aromatic carbocycles. The number of piperazine rings is 1. The number of carbonyl (C=O) groups is 1. The van der Waals surface area contributed by atoms with E-state index < -0.39 is 28.4 Å². The van der Waals surface area contributed by atoms with Gasteiger partial charge in [-0.05, 0) is 56.4 Å². The number of hydrogen-bond acceptors (Lipinski definition) is 8. The van der Waals surface area contributed by atoms with Crippen LogP contribution in [0.25, 0.3) is 5.52 Å². The first-order chi connectivity index (χ1) is 20.1. The third kappa shape index (κ3) is 6.45. The van der Waals surface area contributed by atoms with E-state index in [1.165, 1.54) is 12.3 Å². The topological polar surface area (TPSA) is 160 Å². The summed E-state index contributed by atoms with van der Waals surface area (Å²) in [6, 6.07) is 3.62. The summed E-state index contributed by atoms with van der Waals surface area (Å²) in [5, 5.41) is 24.1. The number of unbranched alkanes of at least 4 members (excludes halogenated alkanes) is 2. The van der Waals surface area contributed by atoms with Gasteiger partial charge in [0.2, 0.25) is 21.0 Å². The van der Waals surface area contributed by atoms with Gasteiger partial charge in [-0.15, -0.1) is 0 Å². The third-order valence-corrected chi connectivity index (χ3v) is 10.5. The number of sulfonamides is 1. The van der Waals surface area contributed by atoms with Crippen LogP contribution in [0.15, 0.2) is 23.4 Å². The molecule has 1 aliphatic heterocycles. The highest BCUT2D eigenvalue weighted by molar-refractivity contribution is 8.26. The van der Waals surface area contributed by atoms with Gasteiger partial charge in [-0.25, -0.2) is 26.9 Å². The molecule has 1 saturated heterocycles. The predicted molar refractivity (Wildman–Crippen MR) is 155 cm³/mol. The number of aromatic nitrogens is 2. The Hall–Kier alpha value is -3.09.